The molecule has 166 valence electrons. The maximum Gasteiger partial charge on any atom is 0.417 e. The van der Waals surface area contributed by atoms with Crippen molar-refractivity contribution >= 4 is 5.91 Å². The summed E-state index contributed by atoms with van der Waals surface area (Å²) in [5, 5.41) is 0. The van der Waals surface area contributed by atoms with Gasteiger partial charge in [-0.2, -0.15) is 13.2 Å². The maximum absolute atomic E-state index is 14.7. The number of pyridine rings is 1. The molecule has 3 atom stereocenters. The molecule has 0 radical (unpaired) electrons. The number of aromatic nitrogens is 2. The van der Waals surface area contributed by atoms with E-state index in [0.717, 1.165) is 6.07 Å². The number of carbonyl (C=O) groups excluding carboxylic acids is 1. The summed E-state index contributed by atoms with van der Waals surface area (Å²) in [5.41, 5.74) is -0.744. The molecule has 3 aromatic rings. The molecule has 1 amide bonds. The third-order valence-corrected chi connectivity index (χ3v) is 5.91. The topological polar surface area (TPSA) is 68.5 Å². The minimum atomic E-state index is -4.48. The summed E-state index contributed by atoms with van der Waals surface area (Å²) in [4.78, 5) is 22.7. The highest BCUT2D eigenvalue weighted by molar-refractivity contribution is 6.00. The van der Waals surface area contributed by atoms with Crippen molar-refractivity contribution in [3.63, 3.8) is 0 Å². The predicted molar refractivity (Wildman–Crippen MR) is 103 cm³/mol. The summed E-state index contributed by atoms with van der Waals surface area (Å²) in [6, 6.07) is 5.97. The van der Waals surface area contributed by atoms with Crippen LogP contribution in [-0.4, -0.2) is 39.5 Å². The van der Waals surface area contributed by atoms with Crippen molar-refractivity contribution in [3.05, 3.63) is 65.9 Å². The highest BCUT2D eigenvalue weighted by atomic mass is 19.4. The lowest BCUT2D eigenvalue weighted by atomic mass is 10.0. The van der Waals surface area contributed by atoms with E-state index < -0.39 is 29.6 Å². The molecule has 2 aliphatic rings. The summed E-state index contributed by atoms with van der Waals surface area (Å²) in [5.74, 6) is -0.846. The predicted octanol–water partition coefficient (Wildman–Crippen LogP) is 4.58. The Morgan fingerprint density at radius 2 is 2.00 bits per heavy atom. The zero-order chi connectivity index (χ0) is 22.5. The summed E-state index contributed by atoms with van der Waals surface area (Å²) < 4.78 is 64.1. The van der Waals surface area contributed by atoms with Crippen molar-refractivity contribution in [2.24, 2.45) is 5.92 Å². The first kappa shape index (κ1) is 20.5. The minimum absolute atomic E-state index is 0.0503. The number of ether oxygens (including phenoxy) is 1. The van der Waals surface area contributed by atoms with E-state index in [2.05, 4.69) is 9.97 Å². The number of oxazole rings is 1. The second-order valence-electron chi connectivity index (χ2n) is 7.90. The van der Waals surface area contributed by atoms with Crippen LogP contribution in [-0.2, 0) is 6.18 Å². The smallest absolute Gasteiger partial charge is 0.417 e. The van der Waals surface area contributed by atoms with Gasteiger partial charge in [0.15, 0.2) is 0 Å². The summed E-state index contributed by atoms with van der Waals surface area (Å²) in [6.45, 7) is 0.448. The van der Waals surface area contributed by atoms with Crippen molar-refractivity contribution < 1.29 is 31.5 Å². The lowest BCUT2D eigenvalue weighted by molar-refractivity contribution is -0.137. The number of nitrogens with zero attached hydrogens (tertiary/aromatic N) is 3. The van der Waals surface area contributed by atoms with Gasteiger partial charge in [-0.05, 0) is 37.0 Å². The Labute approximate surface area is 179 Å². The van der Waals surface area contributed by atoms with Gasteiger partial charge in [-0.1, -0.05) is 6.07 Å². The van der Waals surface area contributed by atoms with Crippen LogP contribution in [0.25, 0.3) is 11.5 Å². The summed E-state index contributed by atoms with van der Waals surface area (Å²) >= 11 is 0. The molecule has 6 nitrogen and oxygen atoms in total. The van der Waals surface area contributed by atoms with Crippen LogP contribution in [0, 0.1) is 11.7 Å². The fourth-order valence-corrected chi connectivity index (χ4v) is 4.52. The third-order valence-electron chi connectivity index (χ3n) is 5.91. The molecule has 0 spiro atoms. The summed E-state index contributed by atoms with van der Waals surface area (Å²) in [7, 11) is 0. The number of carbonyl (C=O) groups is 1. The van der Waals surface area contributed by atoms with Gasteiger partial charge in [-0.15, -0.1) is 0 Å². The number of fused-ring (bicyclic) bond motifs is 2. The molecule has 1 aromatic carbocycles. The molecular formula is C22H17F4N3O3. The van der Waals surface area contributed by atoms with E-state index in [4.69, 9.17) is 9.15 Å². The normalized spacial score (nSPS) is 22.4. The number of hydrogen-bond acceptors (Lipinski definition) is 5. The quantitative estimate of drug-likeness (QED) is 0.548. The molecule has 1 aliphatic heterocycles. The Morgan fingerprint density at radius 1 is 1.16 bits per heavy atom. The van der Waals surface area contributed by atoms with Crippen LogP contribution in [0.1, 0.15) is 28.8 Å². The van der Waals surface area contributed by atoms with E-state index in [1.54, 1.807) is 11.0 Å². The Kier molecular flexibility index (Phi) is 4.87. The Morgan fingerprint density at radius 3 is 2.66 bits per heavy atom. The van der Waals surface area contributed by atoms with Crippen LogP contribution in [0.4, 0.5) is 17.6 Å². The van der Waals surface area contributed by atoms with Gasteiger partial charge in [-0.25, -0.2) is 14.4 Å². The van der Waals surface area contributed by atoms with E-state index in [9.17, 15) is 22.4 Å². The molecule has 1 saturated carbocycles. The van der Waals surface area contributed by atoms with Crippen molar-refractivity contribution in [3.8, 4) is 17.3 Å². The highest BCUT2D eigenvalue weighted by Gasteiger charge is 2.49. The number of halogens is 4. The van der Waals surface area contributed by atoms with Crippen molar-refractivity contribution in [1.29, 1.82) is 0 Å². The molecule has 2 fully saturated rings. The average Bonchev–Trinajstić information content (AvgIpc) is 3.50. The van der Waals surface area contributed by atoms with Gasteiger partial charge in [0.05, 0.1) is 28.9 Å². The van der Waals surface area contributed by atoms with E-state index >= 15 is 0 Å². The first-order chi connectivity index (χ1) is 15.3. The SMILES string of the molecule is O=C(c1c(F)cccc1-c1ncco1)N1C[C@H]2C[C@@H](Oc3ccc(C(F)(F)F)cn3)[C@@H]1C2. The molecule has 0 N–H and O–H groups in total. The van der Waals surface area contributed by atoms with Crippen molar-refractivity contribution in [1.82, 2.24) is 14.9 Å². The number of alkyl halides is 3. The van der Waals surface area contributed by atoms with Crippen molar-refractivity contribution in [2.45, 2.75) is 31.2 Å². The van der Waals surface area contributed by atoms with Crippen molar-refractivity contribution in [2.75, 3.05) is 6.54 Å². The van der Waals surface area contributed by atoms with E-state index in [1.165, 1.54) is 30.7 Å². The molecule has 0 unspecified atom stereocenters. The molecule has 32 heavy (non-hydrogen) atoms. The Hall–Kier alpha value is -3.43. The van der Waals surface area contributed by atoms with E-state index in [1.807, 2.05) is 0 Å². The number of benzene rings is 1. The van der Waals surface area contributed by atoms with E-state index in [0.29, 0.717) is 25.6 Å². The first-order valence-corrected chi connectivity index (χ1v) is 10.0. The standard InChI is InChI=1S/C22H17F4N3O3/c23-15-3-1-2-14(20-27-6-7-31-20)19(15)21(30)29-11-12-8-16(29)17(9-12)32-18-5-4-13(10-28-18)22(24,25)26/h1-7,10,12,16-17H,8-9,11H2/t12-,16+,17-/m1/s1. The largest absolute Gasteiger partial charge is 0.472 e. The van der Waals surface area contributed by atoms with Gasteiger partial charge >= 0.3 is 6.18 Å². The molecule has 5 rings (SSSR count). The highest BCUT2D eigenvalue weighted by Crippen LogP contribution is 2.41. The average molecular weight is 447 g/mol. The molecule has 1 saturated heterocycles. The summed E-state index contributed by atoms with van der Waals surface area (Å²) in [6.07, 6.45) is -0.158. The van der Waals surface area contributed by atoms with Crippen LogP contribution >= 0.6 is 0 Å². The number of piperidine rings is 1. The maximum atomic E-state index is 14.7. The second kappa shape index (κ2) is 7.61. The number of likely N-dealkylation sites (tertiary alicyclic amines) is 1. The molecular weight excluding hydrogens is 430 g/mol. The van der Waals surface area contributed by atoms with Gasteiger partial charge in [-0.3, -0.25) is 4.79 Å². The Balaban J connectivity index is 1.37. The number of rotatable bonds is 4. The zero-order valence-electron chi connectivity index (χ0n) is 16.6. The van der Waals surface area contributed by atoms with Gasteiger partial charge in [0, 0.05) is 18.8 Å². The van der Waals surface area contributed by atoms with Gasteiger partial charge in [0.25, 0.3) is 5.91 Å². The molecule has 2 aromatic heterocycles. The lowest BCUT2D eigenvalue weighted by Gasteiger charge is -2.33. The van der Waals surface area contributed by atoms with Crippen LogP contribution in [0.2, 0.25) is 0 Å². The second-order valence-corrected chi connectivity index (χ2v) is 7.90. The van der Waals surface area contributed by atoms with Crippen LogP contribution in [0.15, 0.2) is 53.4 Å². The van der Waals surface area contributed by atoms with Crippen LogP contribution < -0.4 is 4.74 Å². The zero-order valence-corrected chi connectivity index (χ0v) is 16.6. The van der Waals surface area contributed by atoms with E-state index in [-0.39, 0.29) is 34.9 Å². The molecule has 1 aliphatic carbocycles. The lowest BCUT2D eigenvalue weighted by Crippen LogP contribution is -2.47. The molecule has 3 heterocycles. The van der Waals surface area contributed by atoms with Gasteiger partial charge in [0.2, 0.25) is 11.8 Å². The first-order valence-electron chi connectivity index (χ1n) is 10.0. The van der Waals surface area contributed by atoms with Gasteiger partial charge in [0.1, 0.15) is 18.2 Å². The fourth-order valence-electron chi connectivity index (χ4n) is 4.52. The monoisotopic (exact) mass is 447 g/mol. The van der Waals surface area contributed by atoms with Crippen LogP contribution in [0.5, 0.6) is 5.88 Å². The van der Waals surface area contributed by atoms with Crippen LogP contribution in [0.3, 0.4) is 0 Å². The number of hydrogen-bond donors (Lipinski definition) is 0. The number of amides is 1. The minimum Gasteiger partial charge on any atom is -0.472 e. The fraction of sp³-hybridized carbons (Fsp3) is 0.318. The molecule has 10 heteroatoms. The molecule has 2 bridgehead atoms. The van der Waals surface area contributed by atoms with Gasteiger partial charge < -0.3 is 14.1 Å². The Bertz CT molecular complexity index is 1130. The third kappa shape index (κ3) is 3.59.